The average Bonchev–Trinajstić information content (AvgIpc) is 3.15. The van der Waals surface area contributed by atoms with E-state index in [4.69, 9.17) is 4.74 Å². The van der Waals surface area contributed by atoms with E-state index >= 15 is 0 Å². The fourth-order valence-electron chi connectivity index (χ4n) is 3.04. The first-order chi connectivity index (χ1) is 11.6. The second-order valence-electron chi connectivity index (χ2n) is 6.24. The third kappa shape index (κ3) is 3.93. The van der Waals surface area contributed by atoms with Gasteiger partial charge in [0, 0.05) is 31.4 Å². The van der Waals surface area contributed by atoms with Crippen LogP contribution in [-0.4, -0.2) is 40.1 Å². The van der Waals surface area contributed by atoms with Crippen LogP contribution in [0.3, 0.4) is 0 Å². The van der Waals surface area contributed by atoms with E-state index in [2.05, 4.69) is 4.98 Å². The lowest BCUT2D eigenvalue weighted by Gasteiger charge is -2.34. The Labute approximate surface area is 141 Å². The van der Waals surface area contributed by atoms with Gasteiger partial charge in [0.2, 0.25) is 5.91 Å². The molecule has 24 heavy (non-hydrogen) atoms. The van der Waals surface area contributed by atoms with Gasteiger partial charge in [-0.15, -0.1) is 0 Å². The van der Waals surface area contributed by atoms with E-state index in [9.17, 15) is 9.18 Å². The van der Waals surface area contributed by atoms with Crippen LogP contribution < -0.4 is 4.74 Å². The Morgan fingerprint density at radius 1 is 1.42 bits per heavy atom. The summed E-state index contributed by atoms with van der Waals surface area (Å²) in [5, 5.41) is 0. The largest absolute Gasteiger partial charge is 0.493 e. The zero-order valence-corrected chi connectivity index (χ0v) is 13.8. The van der Waals surface area contributed by atoms with Crippen LogP contribution >= 0.6 is 0 Å². The minimum atomic E-state index is -0.273. The number of imidazole rings is 1. The van der Waals surface area contributed by atoms with Crippen molar-refractivity contribution in [1.82, 2.24) is 14.5 Å². The number of amides is 1. The van der Waals surface area contributed by atoms with E-state index in [-0.39, 0.29) is 17.8 Å². The van der Waals surface area contributed by atoms with Gasteiger partial charge in [0.1, 0.15) is 17.6 Å². The van der Waals surface area contributed by atoms with Crippen molar-refractivity contribution in [1.29, 1.82) is 0 Å². The first kappa shape index (κ1) is 16.5. The molecule has 1 aliphatic rings. The maximum Gasteiger partial charge on any atom is 0.245 e. The van der Waals surface area contributed by atoms with Crippen LogP contribution in [0.15, 0.2) is 43.0 Å². The SMILES string of the molecule is C[C@H](C(=O)N1CCC[C@H](COc2ccc(F)cc2)C1)n1ccnc1. The van der Waals surface area contributed by atoms with Crippen molar-refractivity contribution in [2.75, 3.05) is 19.7 Å². The van der Waals surface area contributed by atoms with E-state index in [1.807, 2.05) is 22.6 Å². The highest BCUT2D eigenvalue weighted by Gasteiger charge is 2.27. The maximum absolute atomic E-state index is 12.9. The lowest BCUT2D eigenvalue weighted by Crippen LogP contribution is -2.44. The van der Waals surface area contributed by atoms with Gasteiger partial charge in [0.25, 0.3) is 0 Å². The van der Waals surface area contributed by atoms with Gasteiger partial charge >= 0.3 is 0 Å². The summed E-state index contributed by atoms with van der Waals surface area (Å²) in [6, 6.07) is 5.78. The molecule has 1 aromatic heterocycles. The summed E-state index contributed by atoms with van der Waals surface area (Å²) in [4.78, 5) is 18.6. The Morgan fingerprint density at radius 2 is 2.21 bits per heavy atom. The Hall–Kier alpha value is -2.37. The van der Waals surface area contributed by atoms with Crippen molar-refractivity contribution in [3.05, 3.63) is 48.8 Å². The number of ether oxygens (including phenoxy) is 1. The molecule has 0 radical (unpaired) electrons. The summed E-state index contributed by atoms with van der Waals surface area (Å²) < 4.78 is 20.5. The van der Waals surface area contributed by atoms with Crippen LogP contribution in [0, 0.1) is 11.7 Å². The second kappa shape index (κ2) is 7.47. The highest BCUT2D eigenvalue weighted by molar-refractivity contribution is 5.80. The first-order valence-corrected chi connectivity index (χ1v) is 8.28. The Balaban J connectivity index is 1.54. The van der Waals surface area contributed by atoms with E-state index in [1.54, 1.807) is 24.7 Å². The number of nitrogens with zero attached hydrogens (tertiary/aromatic N) is 3. The Kier molecular flexibility index (Phi) is 5.13. The molecular weight excluding hydrogens is 309 g/mol. The van der Waals surface area contributed by atoms with Gasteiger partial charge in [0.05, 0.1) is 12.9 Å². The number of aromatic nitrogens is 2. The monoisotopic (exact) mass is 331 g/mol. The molecule has 1 fully saturated rings. The molecule has 1 saturated heterocycles. The van der Waals surface area contributed by atoms with Gasteiger partial charge in [-0.25, -0.2) is 9.37 Å². The summed E-state index contributed by atoms with van der Waals surface area (Å²) in [7, 11) is 0. The third-order valence-electron chi connectivity index (χ3n) is 4.46. The standard InChI is InChI=1S/C18H22FN3O2/c1-14(22-10-8-20-13-22)18(23)21-9-2-3-15(11-21)12-24-17-6-4-16(19)5-7-17/h4-8,10,13-15H,2-3,9,11-12H2,1H3/t14-,15+/m1/s1. The molecule has 128 valence electrons. The van der Waals surface area contributed by atoms with Gasteiger partial charge in [-0.1, -0.05) is 0 Å². The van der Waals surface area contributed by atoms with Crippen LogP contribution in [0.25, 0.3) is 0 Å². The number of likely N-dealkylation sites (tertiary alicyclic amines) is 1. The highest BCUT2D eigenvalue weighted by atomic mass is 19.1. The minimum Gasteiger partial charge on any atom is -0.493 e. The van der Waals surface area contributed by atoms with Crippen molar-refractivity contribution in [3.8, 4) is 5.75 Å². The number of benzene rings is 1. The summed E-state index contributed by atoms with van der Waals surface area (Å²) in [5.41, 5.74) is 0. The van der Waals surface area contributed by atoms with Gasteiger partial charge in [0.15, 0.2) is 0 Å². The fourth-order valence-corrected chi connectivity index (χ4v) is 3.04. The molecule has 0 bridgehead atoms. The van der Waals surface area contributed by atoms with E-state index in [1.165, 1.54) is 12.1 Å². The predicted molar refractivity (Wildman–Crippen MR) is 88.1 cm³/mol. The third-order valence-corrected chi connectivity index (χ3v) is 4.46. The molecule has 3 rings (SSSR count). The summed E-state index contributed by atoms with van der Waals surface area (Å²) in [6.07, 6.45) is 7.16. The van der Waals surface area contributed by atoms with Crippen LogP contribution in [0.1, 0.15) is 25.8 Å². The number of hydrogen-bond donors (Lipinski definition) is 0. The number of hydrogen-bond acceptors (Lipinski definition) is 3. The topological polar surface area (TPSA) is 47.4 Å². The molecule has 6 heteroatoms. The zero-order chi connectivity index (χ0) is 16.9. The molecule has 5 nitrogen and oxygen atoms in total. The zero-order valence-electron chi connectivity index (χ0n) is 13.8. The normalized spacial score (nSPS) is 19.1. The first-order valence-electron chi connectivity index (χ1n) is 8.28. The second-order valence-corrected chi connectivity index (χ2v) is 6.24. The number of piperidine rings is 1. The molecule has 0 spiro atoms. The molecule has 2 heterocycles. The molecule has 1 aliphatic heterocycles. The van der Waals surface area contributed by atoms with Crippen LogP contribution in [-0.2, 0) is 4.79 Å². The summed E-state index contributed by atoms with van der Waals surface area (Å²) in [5.74, 6) is 0.791. The average molecular weight is 331 g/mol. The van der Waals surface area contributed by atoms with Crippen molar-refractivity contribution in [2.24, 2.45) is 5.92 Å². The van der Waals surface area contributed by atoms with Crippen molar-refractivity contribution >= 4 is 5.91 Å². The van der Waals surface area contributed by atoms with Gasteiger partial charge in [-0.3, -0.25) is 4.79 Å². The Bertz CT molecular complexity index is 657. The van der Waals surface area contributed by atoms with E-state index in [0.717, 1.165) is 19.4 Å². The van der Waals surface area contributed by atoms with Crippen LogP contribution in [0.5, 0.6) is 5.75 Å². The quantitative estimate of drug-likeness (QED) is 0.846. The number of carbonyl (C=O) groups excluding carboxylic acids is 1. The molecule has 1 aromatic carbocycles. The van der Waals surface area contributed by atoms with Crippen molar-refractivity contribution in [3.63, 3.8) is 0 Å². The number of halogens is 1. The van der Waals surface area contributed by atoms with Gasteiger partial charge < -0.3 is 14.2 Å². The Morgan fingerprint density at radius 3 is 2.92 bits per heavy atom. The van der Waals surface area contributed by atoms with Gasteiger partial charge in [-0.05, 0) is 44.0 Å². The number of carbonyl (C=O) groups is 1. The van der Waals surface area contributed by atoms with Crippen molar-refractivity contribution < 1.29 is 13.9 Å². The molecule has 2 atom stereocenters. The van der Waals surface area contributed by atoms with E-state index < -0.39 is 0 Å². The molecule has 0 N–H and O–H groups in total. The molecule has 1 amide bonds. The molecule has 2 aromatic rings. The lowest BCUT2D eigenvalue weighted by molar-refractivity contribution is -0.136. The lowest BCUT2D eigenvalue weighted by atomic mass is 9.98. The smallest absolute Gasteiger partial charge is 0.245 e. The van der Waals surface area contributed by atoms with Crippen LogP contribution in [0.4, 0.5) is 4.39 Å². The molecular formula is C18H22FN3O2. The number of rotatable bonds is 5. The van der Waals surface area contributed by atoms with Crippen LogP contribution in [0.2, 0.25) is 0 Å². The van der Waals surface area contributed by atoms with Crippen molar-refractivity contribution in [2.45, 2.75) is 25.8 Å². The molecule has 0 saturated carbocycles. The predicted octanol–water partition coefficient (Wildman–Crippen LogP) is 2.90. The fraction of sp³-hybridized carbons (Fsp3) is 0.444. The summed E-state index contributed by atoms with van der Waals surface area (Å²) >= 11 is 0. The van der Waals surface area contributed by atoms with E-state index in [0.29, 0.717) is 24.8 Å². The molecule has 0 unspecified atom stereocenters. The maximum atomic E-state index is 12.9. The summed E-state index contributed by atoms with van der Waals surface area (Å²) in [6.45, 7) is 3.90. The molecule has 0 aliphatic carbocycles. The highest BCUT2D eigenvalue weighted by Crippen LogP contribution is 2.21. The minimum absolute atomic E-state index is 0.111. The van der Waals surface area contributed by atoms with Gasteiger partial charge in [-0.2, -0.15) is 0 Å².